The molecule has 1 aromatic carbocycles. The van der Waals surface area contributed by atoms with Crippen LogP contribution in [0.2, 0.25) is 5.02 Å². The van der Waals surface area contributed by atoms with Crippen molar-refractivity contribution in [3.63, 3.8) is 0 Å². The summed E-state index contributed by atoms with van der Waals surface area (Å²) in [7, 11) is 0. The molecule has 0 atom stereocenters. The van der Waals surface area contributed by atoms with Crippen molar-refractivity contribution in [2.75, 3.05) is 38.2 Å². The van der Waals surface area contributed by atoms with Gasteiger partial charge in [-0.25, -0.2) is 0 Å². The molecule has 1 N–H and O–H groups in total. The summed E-state index contributed by atoms with van der Waals surface area (Å²) >= 11 is 5.80. The Labute approximate surface area is 124 Å². The number of nitrogens with one attached hydrogen (secondary N) is 1. The molecule has 0 bridgehead atoms. The summed E-state index contributed by atoms with van der Waals surface area (Å²) in [5, 5.41) is 2.43. The van der Waals surface area contributed by atoms with Crippen LogP contribution in [-0.2, 0) is 15.7 Å². The van der Waals surface area contributed by atoms with E-state index in [-0.39, 0.29) is 23.2 Å². The second kappa shape index (κ2) is 6.53. The van der Waals surface area contributed by atoms with Crippen LogP contribution < -0.4 is 5.32 Å². The van der Waals surface area contributed by atoms with E-state index >= 15 is 0 Å². The van der Waals surface area contributed by atoms with Gasteiger partial charge in [0.25, 0.3) is 0 Å². The van der Waals surface area contributed by atoms with Crippen molar-refractivity contribution in [3.05, 3.63) is 28.8 Å². The lowest BCUT2D eigenvalue weighted by Gasteiger charge is -2.27. The molecule has 0 aliphatic carbocycles. The summed E-state index contributed by atoms with van der Waals surface area (Å²) < 4.78 is 43.8. The first-order valence-corrected chi connectivity index (χ1v) is 6.72. The van der Waals surface area contributed by atoms with E-state index in [1.54, 1.807) is 4.90 Å². The number of benzene rings is 1. The van der Waals surface area contributed by atoms with Crippen LogP contribution in [0.25, 0.3) is 0 Å². The summed E-state index contributed by atoms with van der Waals surface area (Å²) in [5.41, 5.74) is -1.15. The van der Waals surface area contributed by atoms with Crippen LogP contribution in [0.4, 0.5) is 18.9 Å². The zero-order chi connectivity index (χ0) is 15.5. The number of alkyl halides is 3. The van der Waals surface area contributed by atoms with E-state index in [2.05, 4.69) is 5.32 Å². The third-order valence-corrected chi connectivity index (χ3v) is 3.41. The molecule has 2 rings (SSSR count). The highest BCUT2D eigenvalue weighted by Crippen LogP contribution is 2.38. The molecule has 8 heteroatoms. The number of carbonyl (C=O) groups excluding carboxylic acids is 1. The monoisotopic (exact) mass is 322 g/mol. The summed E-state index contributed by atoms with van der Waals surface area (Å²) in [6.45, 7) is 1.51. The average molecular weight is 323 g/mol. The van der Waals surface area contributed by atoms with Gasteiger partial charge >= 0.3 is 6.18 Å². The predicted octanol–water partition coefficient (Wildman–Crippen LogP) is 2.63. The normalized spacial score (nSPS) is 15.9. The van der Waals surface area contributed by atoms with E-state index in [1.165, 1.54) is 12.1 Å². The number of para-hydroxylation sites is 1. The highest BCUT2D eigenvalue weighted by molar-refractivity contribution is 6.33. The standard InChI is InChI=1S/C13H14ClF3N2O2/c14-10-3-1-2-9(13(15,16)17)12(10)18-8-11(20)19-4-6-21-7-5-19/h1-3,18H,4-8H2. The van der Waals surface area contributed by atoms with Gasteiger partial charge in [-0.1, -0.05) is 17.7 Å². The minimum Gasteiger partial charge on any atom is -0.378 e. The minimum atomic E-state index is -4.53. The quantitative estimate of drug-likeness (QED) is 0.930. The molecule has 1 aliphatic rings. The maximum absolute atomic E-state index is 12.9. The van der Waals surface area contributed by atoms with E-state index in [0.29, 0.717) is 26.3 Å². The van der Waals surface area contributed by atoms with E-state index in [4.69, 9.17) is 16.3 Å². The third-order valence-electron chi connectivity index (χ3n) is 3.10. The Morgan fingerprint density at radius 2 is 2.00 bits per heavy atom. The van der Waals surface area contributed by atoms with Crippen LogP contribution in [0.15, 0.2) is 18.2 Å². The zero-order valence-corrected chi connectivity index (χ0v) is 11.8. The van der Waals surface area contributed by atoms with Gasteiger partial charge < -0.3 is 15.0 Å². The van der Waals surface area contributed by atoms with Crippen LogP contribution in [0.1, 0.15) is 5.56 Å². The number of carbonyl (C=O) groups is 1. The van der Waals surface area contributed by atoms with Crippen LogP contribution in [0, 0.1) is 0 Å². The summed E-state index contributed by atoms with van der Waals surface area (Å²) in [4.78, 5) is 13.5. The fraction of sp³-hybridized carbons (Fsp3) is 0.462. The maximum Gasteiger partial charge on any atom is 0.418 e. The molecule has 0 spiro atoms. The van der Waals surface area contributed by atoms with Gasteiger partial charge in [0.15, 0.2) is 0 Å². The van der Waals surface area contributed by atoms with Crippen molar-refractivity contribution in [2.45, 2.75) is 6.18 Å². The number of anilines is 1. The molecule has 4 nitrogen and oxygen atoms in total. The van der Waals surface area contributed by atoms with Gasteiger partial charge in [-0.15, -0.1) is 0 Å². The molecular formula is C13H14ClF3N2O2. The number of hydrogen-bond donors (Lipinski definition) is 1. The smallest absolute Gasteiger partial charge is 0.378 e. The Bertz CT molecular complexity index is 517. The lowest BCUT2D eigenvalue weighted by Crippen LogP contribution is -2.43. The maximum atomic E-state index is 12.9. The number of amides is 1. The van der Waals surface area contributed by atoms with Gasteiger partial charge in [0, 0.05) is 13.1 Å². The molecule has 1 aromatic rings. The SMILES string of the molecule is O=C(CNc1c(Cl)cccc1C(F)(F)F)N1CCOCC1. The average Bonchev–Trinajstić information content (AvgIpc) is 2.45. The Morgan fingerprint density at radius 1 is 1.33 bits per heavy atom. The van der Waals surface area contributed by atoms with Crippen molar-refractivity contribution >= 4 is 23.2 Å². The summed E-state index contributed by atoms with van der Waals surface area (Å²) in [6, 6.07) is 3.49. The lowest BCUT2D eigenvalue weighted by atomic mass is 10.1. The molecule has 21 heavy (non-hydrogen) atoms. The van der Waals surface area contributed by atoms with Crippen molar-refractivity contribution in [2.24, 2.45) is 0 Å². The summed E-state index contributed by atoms with van der Waals surface area (Å²) in [6.07, 6.45) is -4.53. The van der Waals surface area contributed by atoms with Crippen LogP contribution in [0.3, 0.4) is 0 Å². The fourth-order valence-electron chi connectivity index (χ4n) is 2.03. The van der Waals surface area contributed by atoms with Gasteiger partial charge in [-0.05, 0) is 12.1 Å². The molecule has 1 aliphatic heterocycles. The molecule has 1 saturated heterocycles. The second-order valence-electron chi connectivity index (χ2n) is 4.51. The first-order valence-electron chi connectivity index (χ1n) is 6.34. The minimum absolute atomic E-state index is 0.0698. The van der Waals surface area contributed by atoms with Gasteiger partial charge in [-0.2, -0.15) is 13.2 Å². The first kappa shape index (κ1) is 15.9. The van der Waals surface area contributed by atoms with Crippen molar-refractivity contribution in [1.29, 1.82) is 0 Å². The van der Waals surface area contributed by atoms with Gasteiger partial charge in [0.05, 0.1) is 36.0 Å². The second-order valence-corrected chi connectivity index (χ2v) is 4.91. The lowest BCUT2D eigenvalue weighted by molar-refractivity contribution is -0.137. The van der Waals surface area contributed by atoms with E-state index in [1.807, 2.05) is 0 Å². The number of morpholine rings is 1. The topological polar surface area (TPSA) is 41.6 Å². The zero-order valence-electron chi connectivity index (χ0n) is 11.0. The van der Waals surface area contributed by atoms with E-state index < -0.39 is 11.7 Å². The predicted molar refractivity (Wildman–Crippen MR) is 72.3 cm³/mol. The molecule has 116 valence electrons. The van der Waals surface area contributed by atoms with Gasteiger partial charge in [0.1, 0.15) is 0 Å². The Hall–Kier alpha value is -1.47. The molecular weight excluding hydrogens is 309 g/mol. The van der Waals surface area contributed by atoms with Crippen molar-refractivity contribution < 1.29 is 22.7 Å². The largest absolute Gasteiger partial charge is 0.418 e. The number of nitrogens with zero attached hydrogens (tertiary/aromatic N) is 1. The molecule has 0 saturated carbocycles. The molecule has 1 fully saturated rings. The number of halogens is 4. The van der Waals surface area contributed by atoms with Crippen LogP contribution in [0.5, 0.6) is 0 Å². The number of hydrogen-bond acceptors (Lipinski definition) is 3. The highest BCUT2D eigenvalue weighted by Gasteiger charge is 2.34. The molecule has 0 radical (unpaired) electrons. The van der Waals surface area contributed by atoms with Crippen molar-refractivity contribution in [3.8, 4) is 0 Å². The molecule has 0 unspecified atom stereocenters. The number of rotatable bonds is 3. The fourth-order valence-corrected chi connectivity index (χ4v) is 2.27. The van der Waals surface area contributed by atoms with Gasteiger partial charge in [-0.3, -0.25) is 4.79 Å². The number of ether oxygens (including phenoxy) is 1. The summed E-state index contributed by atoms with van der Waals surface area (Å²) in [5.74, 6) is -0.286. The van der Waals surface area contributed by atoms with E-state index in [9.17, 15) is 18.0 Å². The highest BCUT2D eigenvalue weighted by atomic mass is 35.5. The van der Waals surface area contributed by atoms with Crippen molar-refractivity contribution in [1.82, 2.24) is 4.90 Å². The molecule has 0 aromatic heterocycles. The molecule has 1 amide bonds. The Kier molecular flexibility index (Phi) is 4.95. The molecule has 1 heterocycles. The van der Waals surface area contributed by atoms with Gasteiger partial charge in [0.2, 0.25) is 5.91 Å². The third kappa shape index (κ3) is 4.01. The Balaban J connectivity index is 2.07. The van der Waals surface area contributed by atoms with Crippen LogP contribution >= 0.6 is 11.6 Å². The Morgan fingerprint density at radius 3 is 2.62 bits per heavy atom. The van der Waals surface area contributed by atoms with Crippen LogP contribution in [-0.4, -0.2) is 43.7 Å². The van der Waals surface area contributed by atoms with E-state index in [0.717, 1.165) is 6.07 Å². The first-order chi connectivity index (χ1) is 9.89.